The fourth-order valence-electron chi connectivity index (χ4n) is 1.16. The number of benzene rings is 1. The molecule has 0 atom stereocenters. The summed E-state index contributed by atoms with van der Waals surface area (Å²) in [5.74, 6) is 0. The second kappa shape index (κ2) is 4.76. The topological polar surface area (TPSA) is 52.3 Å². The first-order valence-electron chi connectivity index (χ1n) is 4.54. The molecule has 0 aliphatic carbocycles. The van der Waals surface area contributed by atoms with Crippen LogP contribution in [0, 0.1) is 0 Å². The molecule has 0 saturated carbocycles. The molecule has 1 aromatic carbocycles. The van der Waals surface area contributed by atoms with Gasteiger partial charge in [0.05, 0.1) is 18.1 Å². The molecule has 6 heteroatoms. The van der Waals surface area contributed by atoms with Crippen molar-refractivity contribution in [2.75, 3.05) is 7.11 Å². The zero-order valence-electron chi connectivity index (χ0n) is 8.54. The predicted octanol–water partition coefficient (Wildman–Crippen LogP) is 1.90. The maximum Gasteiger partial charge on any atom is 0.127 e. The van der Waals surface area contributed by atoms with Crippen molar-refractivity contribution < 1.29 is 4.84 Å². The summed E-state index contributed by atoms with van der Waals surface area (Å²) in [7, 11) is 1.47. The van der Waals surface area contributed by atoms with Gasteiger partial charge in [-0.1, -0.05) is 22.0 Å². The van der Waals surface area contributed by atoms with E-state index in [1.165, 1.54) is 13.3 Å². The molecule has 82 valence electrons. The van der Waals surface area contributed by atoms with E-state index in [-0.39, 0.29) is 0 Å². The standard InChI is InChI=1S/C10H9ClN4O/c1-16-12-6-9-7-15(14-13-9)10-4-2-8(11)3-5-10/h2-7H,1H3. The van der Waals surface area contributed by atoms with Crippen molar-refractivity contribution in [3.05, 3.63) is 41.2 Å². The van der Waals surface area contributed by atoms with Crippen LogP contribution in [-0.2, 0) is 4.84 Å². The van der Waals surface area contributed by atoms with Gasteiger partial charge in [0.25, 0.3) is 0 Å². The molecule has 1 aromatic heterocycles. The van der Waals surface area contributed by atoms with Gasteiger partial charge < -0.3 is 4.84 Å². The van der Waals surface area contributed by atoms with Gasteiger partial charge in [-0.2, -0.15) is 0 Å². The monoisotopic (exact) mass is 236 g/mol. The Morgan fingerprint density at radius 3 is 2.81 bits per heavy atom. The molecule has 0 spiro atoms. The molecule has 0 amide bonds. The molecule has 0 N–H and O–H groups in total. The molecule has 0 radical (unpaired) electrons. The Hall–Kier alpha value is -1.88. The third kappa shape index (κ3) is 2.38. The van der Waals surface area contributed by atoms with Gasteiger partial charge in [0.1, 0.15) is 12.8 Å². The van der Waals surface area contributed by atoms with Crippen LogP contribution in [0.3, 0.4) is 0 Å². The van der Waals surface area contributed by atoms with Gasteiger partial charge in [0.15, 0.2) is 0 Å². The van der Waals surface area contributed by atoms with Crippen molar-refractivity contribution in [3.8, 4) is 5.69 Å². The summed E-state index contributed by atoms with van der Waals surface area (Å²) >= 11 is 5.79. The summed E-state index contributed by atoms with van der Waals surface area (Å²) in [5, 5.41) is 12.1. The summed E-state index contributed by atoms with van der Waals surface area (Å²) in [4.78, 5) is 4.55. The summed E-state index contributed by atoms with van der Waals surface area (Å²) < 4.78 is 1.63. The largest absolute Gasteiger partial charge is 0.399 e. The van der Waals surface area contributed by atoms with Gasteiger partial charge in [0.2, 0.25) is 0 Å². The van der Waals surface area contributed by atoms with E-state index in [1.807, 2.05) is 12.1 Å². The lowest BCUT2D eigenvalue weighted by Gasteiger charge is -1.98. The molecular formula is C10H9ClN4O. The smallest absolute Gasteiger partial charge is 0.127 e. The fraction of sp³-hybridized carbons (Fsp3) is 0.100. The Balaban J connectivity index is 2.24. The van der Waals surface area contributed by atoms with Crippen molar-refractivity contribution >= 4 is 17.8 Å². The minimum absolute atomic E-state index is 0.622. The van der Waals surface area contributed by atoms with Crippen LogP contribution >= 0.6 is 11.6 Å². The first-order valence-corrected chi connectivity index (χ1v) is 4.92. The number of halogens is 1. The van der Waals surface area contributed by atoms with Crippen molar-refractivity contribution in [1.82, 2.24) is 15.0 Å². The lowest BCUT2D eigenvalue weighted by molar-refractivity contribution is 0.215. The molecule has 0 unspecified atom stereocenters. The minimum Gasteiger partial charge on any atom is -0.399 e. The highest BCUT2D eigenvalue weighted by Crippen LogP contribution is 2.12. The van der Waals surface area contributed by atoms with Crippen LogP contribution < -0.4 is 0 Å². The van der Waals surface area contributed by atoms with E-state index in [0.29, 0.717) is 10.7 Å². The zero-order valence-corrected chi connectivity index (χ0v) is 9.30. The summed E-state index contributed by atoms with van der Waals surface area (Å²) in [6.07, 6.45) is 3.23. The average molecular weight is 237 g/mol. The Labute approximate surface area is 97.3 Å². The second-order valence-electron chi connectivity index (χ2n) is 2.98. The van der Waals surface area contributed by atoms with Crippen LogP contribution in [0.15, 0.2) is 35.6 Å². The highest BCUT2D eigenvalue weighted by molar-refractivity contribution is 6.30. The van der Waals surface area contributed by atoms with Gasteiger partial charge in [-0.3, -0.25) is 0 Å². The van der Waals surface area contributed by atoms with E-state index in [4.69, 9.17) is 11.6 Å². The second-order valence-corrected chi connectivity index (χ2v) is 3.42. The summed E-state index contributed by atoms with van der Waals surface area (Å²) in [6.45, 7) is 0. The minimum atomic E-state index is 0.622. The highest BCUT2D eigenvalue weighted by Gasteiger charge is 2.00. The fourth-order valence-corrected chi connectivity index (χ4v) is 1.29. The Morgan fingerprint density at radius 1 is 1.38 bits per heavy atom. The van der Waals surface area contributed by atoms with Crippen LogP contribution in [0.1, 0.15) is 5.69 Å². The maximum atomic E-state index is 5.79. The molecule has 1 heterocycles. The molecule has 16 heavy (non-hydrogen) atoms. The lowest BCUT2D eigenvalue weighted by atomic mass is 10.3. The predicted molar refractivity (Wildman–Crippen MR) is 61.0 cm³/mol. The van der Waals surface area contributed by atoms with Crippen molar-refractivity contribution in [3.63, 3.8) is 0 Å². The number of nitrogens with zero attached hydrogens (tertiary/aromatic N) is 4. The molecular weight excluding hydrogens is 228 g/mol. The normalized spacial score (nSPS) is 10.9. The molecule has 0 aliphatic rings. The third-order valence-electron chi connectivity index (χ3n) is 1.89. The number of rotatable bonds is 3. The number of hydrogen-bond donors (Lipinski definition) is 0. The molecule has 0 fully saturated rings. The Kier molecular flexibility index (Phi) is 3.16. The van der Waals surface area contributed by atoms with Gasteiger partial charge in [-0.05, 0) is 24.3 Å². The lowest BCUT2D eigenvalue weighted by Crippen LogP contribution is -1.93. The third-order valence-corrected chi connectivity index (χ3v) is 2.14. The van der Waals surface area contributed by atoms with Gasteiger partial charge in [-0.25, -0.2) is 4.68 Å². The molecule has 0 aliphatic heterocycles. The number of oxime groups is 1. The van der Waals surface area contributed by atoms with E-state index in [2.05, 4.69) is 20.3 Å². The van der Waals surface area contributed by atoms with E-state index in [9.17, 15) is 0 Å². The number of aromatic nitrogens is 3. The number of hydrogen-bond acceptors (Lipinski definition) is 4. The van der Waals surface area contributed by atoms with Gasteiger partial charge in [-0.15, -0.1) is 5.10 Å². The summed E-state index contributed by atoms with van der Waals surface area (Å²) in [5.41, 5.74) is 1.51. The maximum absolute atomic E-state index is 5.79. The molecule has 0 bridgehead atoms. The average Bonchev–Trinajstić information content (AvgIpc) is 2.76. The molecule has 2 rings (SSSR count). The zero-order chi connectivity index (χ0) is 11.4. The van der Waals surface area contributed by atoms with Gasteiger partial charge in [0, 0.05) is 5.02 Å². The van der Waals surface area contributed by atoms with E-state index in [1.54, 1.807) is 23.0 Å². The van der Waals surface area contributed by atoms with E-state index < -0.39 is 0 Å². The van der Waals surface area contributed by atoms with Crippen molar-refractivity contribution in [2.24, 2.45) is 5.16 Å². The van der Waals surface area contributed by atoms with E-state index >= 15 is 0 Å². The SMILES string of the molecule is CON=Cc1cn(-c2ccc(Cl)cc2)nn1. The van der Waals surface area contributed by atoms with Crippen LogP contribution in [0.25, 0.3) is 5.69 Å². The Bertz CT molecular complexity index is 492. The van der Waals surface area contributed by atoms with Crippen LogP contribution in [0.4, 0.5) is 0 Å². The summed E-state index contributed by atoms with van der Waals surface area (Å²) in [6, 6.07) is 7.30. The first kappa shape index (κ1) is 10.6. The first-order chi connectivity index (χ1) is 7.79. The van der Waals surface area contributed by atoms with Crippen molar-refractivity contribution in [1.29, 1.82) is 0 Å². The van der Waals surface area contributed by atoms with Crippen LogP contribution in [-0.4, -0.2) is 28.3 Å². The molecule has 5 nitrogen and oxygen atoms in total. The Morgan fingerprint density at radius 2 is 2.12 bits per heavy atom. The van der Waals surface area contributed by atoms with E-state index in [0.717, 1.165) is 5.69 Å². The van der Waals surface area contributed by atoms with Crippen LogP contribution in [0.5, 0.6) is 0 Å². The van der Waals surface area contributed by atoms with Crippen LogP contribution in [0.2, 0.25) is 5.02 Å². The molecule has 0 saturated heterocycles. The quantitative estimate of drug-likeness (QED) is 0.604. The highest BCUT2D eigenvalue weighted by atomic mass is 35.5. The van der Waals surface area contributed by atoms with Crippen molar-refractivity contribution in [2.45, 2.75) is 0 Å². The van der Waals surface area contributed by atoms with Gasteiger partial charge >= 0.3 is 0 Å². The molecule has 2 aromatic rings.